The van der Waals surface area contributed by atoms with E-state index in [2.05, 4.69) is 23.9 Å². The number of likely N-dealkylation sites (N-methyl/N-ethyl adjacent to an activating group) is 1. The number of carbonyl (C=O) groups is 1. The molecule has 1 unspecified atom stereocenters. The van der Waals surface area contributed by atoms with E-state index >= 15 is 0 Å². The van der Waals surface area contributed by atoms with Crippen LogP contribution in [0, 0.1) is 0 Å². The van der Waals surface area contributed by atoms with Crippen molar-refractivity contribution in [3.8, 4) is 0 Å². The fourth-order valence-electron chi connectivity index (χ4n) is 2.71. The number of hydrogen-bond donors (Lipinski definition) is 0. The van der Waals surface area contributed by atoms with E-state index in [-0.39, 0.29) is 12.1 Å². The number of thiazole rings is 1. The molecule has 2 atom stereocenters. The lowest BCUT2D eigenvalue weighted by atomic mass is 10.0. The summed E-state index contributed by atoms with van der Waals surface area (Å²) in [5, 5.41) is 3.13. The number of likely N-dealkylation sites (tertiary alicyclic amines) is 1. The first-order chi connectivity index (χ1) is 10.3. The monoisotopic (exact) mass is 325 g/mol. The molecule has 1 aromatic rings. The number of piperidine rings is 1. The van der Waals surface area contributed by atoms with Gasteiger partial charge in [-0.25, -0.2) is 9.78 Å². The van der Waals surface area contributed by atoms with Crippen LogP contribution in [0.3, 0.4) is 0 Å². The fourth-order valence-corrected chi connectivity index (χ4v) is 3.46. The van der Waals surface area contributed by atoms with Crippen LogP contribution in [0.1, 0.15) is 51.6 Å². The van der Waals surface area contributed by atoms with E-state index < -0.39 is 5.60 Å². The Bertz CT molecular complexity index is 484. The highest BCUT2D eigenvalue weighted by Gasteiger charge is 2.31. The SMILES string of the molecule is CC(c1nccs1)N(C)[C@@H]1CCCN(C(=O)OC(C)(C)C)C1. The van der Waals surface area contributed by atoms with Gasteiger partial charge in [0.2, 0.25) is 0 Å². The maximum absolute atomic E-state index is 12.3. The molecule has 0 spiro atoms. The predicted molar refractivity (Wildman–Crippen MR) is 89.1 cm³/mol. The lowest BCUT2D eigenvalue weighted by Gasteiger charge is -2.40. The van der Waals surface area contributed by atoms with Crippen molar-refractivity contribution in [3.63, 3.8) is 0 Å². The molecule has 1 saturated heterocycles. The van der Waals surface area contributed by atoms with E-state index in [1.165, 1.54) is 0 Å². The molecule has 5 nitrogen and oxygen atoms in total. The Morgan fingerprint density at radius 1 is 1.55 bits per heavy atom. The molecule has 0 radical (unpaired) electrons. The molecular formula is C16H27N3O2S. The number of aromatic nitrogens is 1. The average molecular weight is 325 g/mol. The van der Waals surface area contributed by atoms with Crippen molar-refractivity contribution >= 4 is 17.4 Å². The molecule has 22 heavy (non-hydrogen) atoms. The smallest absolute Gasteiger partial charge is 0.410 e. The Kier molecular flexibility index (Phi) is 5.45. The summed E-state index contributed by atoms with van der Waals surface area (Å²) in [5.74, 6) is 0. The van der Waals surface area contributed by atoms with Crippen LogP contribution in [0.4, 0.5) is 4.79 Å². The van der Waals surface area contributed by atoms with Crippen LogP contribution < -0.4 is 0 Å². The van der Waals surface area contributed by atoms with E-state index in [1.807, 2.05) is 37.2 Å². The third-order valence-electron chi connectivity index (χ3n) is 4.04. The minimum absolute atomic E-state index is 0.201. The highest BCUT2D eigenvalue weighted by molar-refractivity contribution is 7.09. The van der Waals surface area contributed by atoms with Gasteiger partial charge in [-0.05, 0) is 47.6 Å². The summed E-state index contributed by atoms with van der Waals surface area (Å²) in [6.07, 6.45) is 3.76. The molecule has 1 aliphatic heterocycles. The number of carbonyl (C=O) groups excluding carboxylic acids is 1. The van der Waals surface area contributed by atoms with Gasteiger partial charge in [-0.1, -0.05) is 0 Å². The lowest BCUT2D eigenvalue weighted by molar-refractivity contribution is 0.00972. The van der Waals surface area contributed by atoms with Crippen LogP contribution >= 0.6 is 11.3 Å². The van der Waals surface area contributed by atoms with Crippen LogP contribution in [0.25, 0.3) is 0 Å². The van der Waals surface area contributed by atoms with E-state index in [0.29, 0.717) is 6.04 Å². The highest BCUT2D eigenvalue weighted by Crippen LogP contribution is 2.26. The van der Waals surface area contributed by atoms with Crippen molar-refractivity contribution in [2.45, 2.75) is 58.2 Å². The molecule has 124 valence electrons. The number of rotatable bonds is 3. The number of hydrogen-bond acceptors (Lipinski definition) is 5. The number of ether oxygens (including phenoxy) is 1. The second-order valence-corrected chi connectivity index (χ2v) is 7.86. The molecular weight excluding hydrogens is 298 g/mol. The summed E-state index contributed by atoms with van der Waals surface area (Å²) in [5.41, 5.74) is -0.440. The summed E-state index contributed by atoms with van der Waals surface area (Å²) in [6.45, 7) is 9.40. The van der Waals surface area contributed by atoms with Crippen molar-refractivity contribution in [1.82, 2.24) is 14.8 Å². The topological polar surface area (TPSA) is 45.7 Å². The molecule has 1 aliphatic rings. The first-order valence-corrected chi connectivity index (χ1v) is 8.75. The van der Waals surface area contributed by atoms with Gasteiger partial charge >= 0.3 is 6.09 Å². The maximum Gasteiger partial charge on any atom is 0.410 e. The molecule has 2 heterocycles. The Hall–Kier alpha value is -1.14. The summed E-state index contributed by atoms with van der Waals surface area (Å²) in [7, 11) is 2.12. The van der Waals surface area contributed by atoms with Crippen molar-refractivity contribution in [1.29, 1.82) is 0 Å². The molecule has 1 amide bonds. The first kappa shape index (κ1) is 17.2. The van der Waals surface area contributed by atoms with E-state index in [1.54, 1.807) is 11.3 Å². The molecule has 0 N–H and O–H groups in total. The van der Waals surface area contributed by atoms with Crippen molar-refractivity contribution in [2.75, 3.05) is 20.1 Å². The molecule has 6 heteroatoms. The van der Waals surface area contributed by atoms with Gasteiger partial charge in [0.05, 0.1) is 6.04 Å². The van der Waals surface area contributed by atoms with Crippen LogP contribution in [0.15, 0.2) is 11.6 Å². The molecule has 0 aliphatic carbocycles. The van der Waals surface area contributed by atoms with Crippen LogP contribution in [0.2, 0.25) is 0 Å². The largest absolute Gasteiger partial charge is 0.444 e. The van der Waals surface area contributed by atoms with E-state index in [0.717, 1.165) is 30.9 Å². The van der Waals surface area contributed by atoms with Gasteiger partial charge in [-0.15, -0.1) is 11.3 Å². The van der Waals surface area contributed by atoms with Gasteiger partial charge in [0.25, 0.3) is 0 Å². The molecule has 2 rings (SSSR count). The lowest BCUT2D eigenvalue weighted by Crippen LogP contribution is -2.50. The Labute approximate surface area is 137 Å². The number of nitrogens with zero attached hydrogens (tertiary/aromatic N) is 3. The van der Waals surface area contributed by atoms with Gasteiger partial charge in [-0.3, -0.25) is 4.90 Å². The summed E-state index contributed by atoms with van der Waals surface area (Å²) in [4.78, 5) is 20.8. The van der Waals surface area contributed by atoms with Crippen LogP contribution in [0.5, 0.6) is 0 Å². The minimum atomic E-state index is -0.440. The quantitative estimate of drug-likeness (QED) is 0.853. The zero-order valence-corrected chi connectivity index (χ0v) is 15.0. The van der Waals surface area contributed by atoms with Gasteiger partial charge in [-0.2, -0.15) is 0 Å². The summed E-state index contributed by atoms with van der Waals surface area (Å²) < 4.78 is 5.50. The predicted octanol–water partition coefficient (Wildman–Crippen LogP) is 3.54. The van der Waals surface area contributed by atoms with Crippen molar-refractivity contribution < 1.29 is 9.53 Å². The molecule has 0 bridgehead atoms. The molecule has 0 saturated carbocycles. The minimum Gasteiger partial charge on any atom is -0.444 e. The van der Waals surface area contributed by atoms with Crippen LogP contribution in [-0.2, 0) is 4.74 Å². The number of amides is 1. The third kappa shape index (κ3) is 4.43. The van der Waals surface area contributed by atoms with Gasteiger partial charge in [0, 0.05) is 30.7 Å². The highest BCUT2D eigenvalue weighted by atomic mass is 32.1. The zero-order chi connectivity index (χ0) is 16.3. The van der Waals surface area contributed by atoms with Crippen LogP contribution in [-0.4, -0.2) is 52.7 Å². The van der Waals surface area contributed by atoms with Gasteiger partial charge < -0.3 is 9.64 Å². The normalized spacial score (nSPS) is 21.0. The zero-order valence-electron chi connectivity index (χ0n) is 14.2. The maximum atomic E-state index is 12.3. The second-order valence-electron chi connectivity index (χ2n) is 6.93. The third-order valence-corrected chi connectivity index (χ3v) is 4.99. The Balaban J connectivity index is 1.96. The standard InChI is InChI=1S/C16H27N3O2S/c1-12(14-17-8-10-22-14)18(5)13-7-6-9-19(11-13)15(20)21-16(2,3)4/h8,10,12-13H,6-7,9,11H2,1-5H3/t12?,13-/m1/s1. The Morgan fingerprint density at radius 2 is 2.27 bits per heavy atom. The van der Waals surface area contributed by atoms with Crippen molar-refractivity contribution in [3.05, 3.63) is 16.6 Å². The second kappa shape index (κ2) is 6.96. The molecule has 1 aromatic heterocycles. The first-order valence-electron chi connectivity index (χ1n) is 7.87. The van der Waals surface area contributed by atoms with E-state index in [4.69, 9.17) is 4.74 Å². The van der Waals surface area contributed by atoms with E-state index in [9.17, 15) is 4.79 Å². The van der Waals surface area contributed by atoms with Gasteiger partial charge in [0.1, 0.15) is 10.6 Å². The molecule has 0 aromatic carbocycles. The summed E-state index contributed by atoms with van der Waals surface area (Å²) in [6, 6.07) is 0.615. The van der Waals surface area contributed by atoms with Gasteiger partial charge in [0.15, 0.2) is 0 Å². The summed E-state index contributed by atoms with van der Waals surface area (Å²) >= 11 is 1.68. The fraction of sp³-hybridized carbons (Fsp3) is 0.750. The molecule has 1 fully saturated rings. The van der Waals surface area contributed by atoms with Crippen molar-refractivity contribution in [2.24, 2.45) is 0 Å². The average Bonchev–Trinajstić information content (AvgIpc) is 2.98. The Morgan fingerprint density at radius 3 is 2.86 bits per heavy atom.